The number of fused-ring (bicyclic) bond motifs is 2. The molecule has 0 aromatic rings. The highest BCUT2D eigenvalue weighted by Gasteiger charge is 2.44. The van der Waals surface area contributed by atoms with Crippen molar-refractivity contribution in [3.63, 3.8) is 0 Å². The maximum Gasteiger partial charge on any atom is 0.249 e. The Labute approximate surface area is 126 Å². The first-order chi connectivity index (χ1) is 10.3. The number of rotatable bonds is 4. The van der Waals surface area contributed by atoms with Gasteiger partial charge < -0.3 is 14.4 Å². The fourth-order valence-electron chi connectivity index (χ4n) is 3.76. The van der Waals surface area contributed by atoms with Gasteiger partial charge in [-0.15, -0.1) is 6.58 Å². The van der Waals surface area contributed by atoms with Crippen molar-refractivity contribution in [1.29, 1.82) is 0 Å². The zero-order chi connectivity index (χ0) is 14.7. The van der Waals surface area contributed by atoms with Crippen molar-refractivity contribution >= 4 is 5.91 Å². The Morgan fingerprint density at radius 1 is 1.48 bits per heavy atom. The first kappa shape index (κ1) is 14.8. The molecule has 0 radical (unpaired) electrons. The van der Waals surface area contributed by atoms with E-state index in [4.69, 9.17) is 9.47 Å². The molecular formula is C17H25NO3. The second-order valence-corrected chi connectivity index (χ2v) is 6.11. The lowest BCUT2D eigenvalue weighted by molar-refractivity contribution is -0.131. The monoisotopic (exact) mass is 291 g/mol. The van der Waals surface area contributed by atoms with Gasteiger partial charge in [0.05, 0.1) is 25.4 Å². The van der Waals surface area contributed by atoms with Gasteiger partial charge in [0.25, 0.3) is 0 Å². The van der Waals surface area contributed by atoms with E-state index in [0.717, 1.165) is 37.7 Å². The van der Waals surface area contributed by atoms with Gasteiger partial charge in [-0.3, -0.25) is 4.79 Å². The molecule has 3 aliphatic rings. The van der Waals surface area contributed by atoms with E-state index in [1.807, 2.05) is 4.90 Å². The SMILES string of the molecule is C=CCOC1C2CCC1N(C(=O)C1=CCCCC1)CCO2. The van der Waals surface area contributed by atoms with Crippen LogP contribution in [0.4, 0.5) is 0 Å². The smallest absolute Gasteiger partial charge is 0.249 e. The molecule has 116 valence electrons. The van der Waals surface area contributed by atoms with Crippen molar-refractivity contribution < 1.29 is 14.3 Å². The molecule has 1 saturated carbocycles. The molecule has 1 aliphatic heterocycles. The predicted molar refractivity (Wildman–Crippen MR) is 81.0 cm³/mol. The molecule has 0 aromatic carbocycles. The third kappa shape index (κ3) is 3.06. The van der Waals surface area contributed by atoms with Gasteiger partial charge in [0.15, 0.2) is 0 Å². The van der Waals surface area contributed by atoms with E-state index in [1.54, 1.807) is 6.08 Å². The number of hydrogen-bond donors (Lipinski definition) is 0. The molecule has 0 spiro atoms. The van der Waals surface area contributed by atoms with Crippen molar-refractivity contribution in [1.82, 2.24) is 4.90 Å². The van der Waals surface area contributed by atoms with Crippen LogP contribution in [-0.2, 0) is 14.3 Å². The second-order valence-electron chi connectivity index (χ2n) is 6.11. The quantitative estimate of drug-likeness (QED) is 0.747. The average Bonchev–Trinajstić information content (AvgIpc) is 2.81. The van der Waals surface area contributed by atoms with Crippen LogP contribution in [0.3, 0.4) is 0 Å². The van der Waals surface area contributed by atoms with Gasteiger partial charge in [0.1, 0.15) is 6.10 Å². The minimum Gasteiger partial charge on any atom is -0.374 e. The maximum atomic E-state index is 12.8. The van der Waals surface area contributed by atoms with Gasteiger partial charge in [-0.05, 0) is 38.5 Å². The predicted octanol–water partition coefficient (Wildman–Crippen LogP) is 2.45. The van der Waals surface area contributed by atoms with Crippen LogP contribution in [0.25, 0.3) is 0 Å². The first-order valence-corrected chi connectivity index (χ1v) is 8.15. The highest BCUT2D eigenvalue weighted by Crippen LogP contribution is 2.33. The topological polar surface area (TPSA) is 38.8 Å². The van der Waals surface area contributed by atoms with Crippen LogP contribution in [0.5, 0.6) is 0 Å². The van der Waals surface area contributed by atoms with Crippen molar-refractivity contribution in [3.8, 4) is 0 Å². The van der Waals surface area contributed by atoms with Crippen molar-refractivity contribution in [2.45, 2.75) is 56.8 Å². The van der Waals surface area contributed by atoms with E-state index >= 15 is 0 Å². The molecule has 0 N–H and O–H groups in total. The molecule has 1 heterocycles. The van der Waals surface area contributed by atoms with Gasteiger partial charge in [0.2, 0.25) is 5.91 Å². The largest absolute Gasteiger partial charge is 0.374 e. The van der Waals surface area contributed by atoms with Gasteiger partial charge in [-0.2, -0.15) is 0 Å². The highest BCUT2D eigenvalue weighted by atomic mass is 16.5. The van der Waals surface area contributed by atoms with Crippen molar-refractivity contribution in [3.05, 3.63) is 24.3 Å². The average molecular weight is 291 g/mol. The number of allylic oxidation sites excluding steroid dienone is 1. The number of ether oxygens (including phenoxy) is 2. The molecule has 0 aromatic heterocycles. The summed E-state index contributed by atoms with van der Waals surface area (Å²) in [5, 5.41) is 0. The molecule has 3 atom stereocenters. The lowest BCUT2D eigenvalue weighted by atomic mass is 9.97. The molecule has 2 bridgehead atoms. The summed E-state index contributed by atoms with van der Waals surface area (Å²) in [6.07, 6.45) is 10.3. The molecular weight excluding hydrogens is 266 g/mol. The Bertz CT molecular complexity index is 432. The van der Waals surface area contributed by atoms with Crippen LogP contribution in [0.15, 0.2) is 24.3 Å². The molecule has 1 saturated heterocycles. The highest BCUT2D eigenvalue weighted by molar-refractivity contribution is 5.93. The summed E-state index contributed by atoms with van der Waals surface area (Å²) in [5.41, 5.74) is 0.995. The van der Waals surface area contributed by atoms with Gasteiger partial charge in [-0.25, -0.2) is 0 Å². The molecule has 3 rings (SSSR count). The summed E-state index contributed by atoms with van der Waals surface area (Å²) in [6.45, 7) is 5.54. The molecule has 2 aliphatic carbocycles. The zero-order valence-electron chi connectivity index (χ0n) is 12.6. The number of carbonyl (C=O) groups excluding carboxylic acids is 1. The number of amides is 1. The van der Waals surface area contributed by atoms with Crippen molar-refractivity contribution in [2.75, 3.05) is 19.8 Å². The van der Waals surface area contributed by atoms with E-state index < -0.39 is 0 Å². The van der Waals surface area contributed by atoms with Crippen LogP contribution >= 0.6 is 0 Å². The first-order valence-electron chi connectivity index (χ1n) is 8.15. The Morgan fingerprint density at radius 2 is 2.38 bits per heavy atom. The molecule has 3 unspecified atom stereocenters. The Kier molecular flexibility index (Phi) is 4.76. The number of nitrogens with zero attached hydrogens (tertiary/aromatic N) is 1. The fraction of sp³-hybridized carbons (Fsp3) is 0.706. The van der Waals surface area contributed by atoms with Crippen molar-refractivity contribution in [2.24, 2.45) is 0 Å². The zero-order valence-corrected chi connectivity index (χ0v) is 12.6. The van der Waals surface area contributed by atoms with Gasteiger partial charge >= 0.3 is 0 Å². The summed E-state index contributed by atoms with van der Waals surface area (Å²) >= 11 is 0. The minimum atomic E-state index is -0.00126. The Balaban J connectivity index is 1.75. The Hall–Kier alpha value is -1.13. The molecule has 21 heavy (non-hydrogen) atoms. The number of hydrogen-bond acceptors (Lipinski definition) is 3. The lowest BCUT2D eigenvalue weighted by Crippen LogP contribution is -2.47. The third-order valence-corrected chi connectivity index (χ3v) is 4.79. The van der Waals surface area contributed by atoms with Crippen LogP contribution in [0, 0.1) is 0 Å². The maximum absolute atomic E-state index is 12.8. The van der Waals surface area contributed by atoms with E-state index in [0.29, 0.717) is 19.8 Å². The fourth-order valence-corrected chi connectivity index (χ4v) is 3.76. The van der Waals surface area contributed by atoms with Gasteiger partial charge in [-0.1, -0.05) is 12.2 Å². The summed E-state index contributed by atoms with van der Waals surface area (Å²) in [6, 6.07) is 0.160. The summed E-state index contributed by atoms with van der Waals surface area (Å²) < 4.78 is 11.8. The van der Waals surface area contributed by atoms with E-state index in [2.05, 4.69) is 12.7 Å². The Morgan fingerprint density at radius 3 is 3.14 bits per heavy atom. The molecule has 4 heteroatoms. The summed E-state index contributed by atoms with van der Waals surface area (Å²) in [7, 11) is 0. The number of carbonyl (C=O) groups is 1. The van der Waals surface area contributed by atoms with Gasteiger partial charge in [0, 0.05) is 12.1 Å². The lowest BCUT2D eigenvalue weighted by Gasteiger charge is -2.32. The molecule has 1 amide bonds. The van der Waals surface area contributed by atoms with E-state index in [1.165, 1.54) is 6.42 Å². The van der Waals surface area contributed by atoms with Crippen LogP contribution in [-0.4, -0.2) is 48.8 Å². The van der Waals surface area contributed by atoms with Crippen LogP contribution in [0.1, 0.15) is 38.5 Å². The second kappa shape index (κ2) is 6.75. The third-order valence-electron chi connectivity index (χ3n) is 4.79. The minimum absolute atomic E-state index is 0.00126. The molecule has 2 fully saturated rings. The normalized spacial score (nSPS) is 32.5. The standard InChI is InChI=1S/C17H25NO3/c1-2-11-21-16-14-8-9-15(16)20-12-10-18(14)17(19)13-6-4-3-5-7-13/h2,6,14-16H,1,3-5,7-12H2. The summed E-state index contributed by atoms with van der Waals surface area (Å²) in [4.78, 5) is 14.9. The summed E-state index contributed by atoms with van der Waals surface area (Å²) in [5.74, 6) is 0.207. The van der Waals surface area contributed by atoms with E-state index in [9.17, 15) is 4.79 Å². The van der Waals surface area contributed by atoms with Crippen LogP contribution < -0.4 is 0 Å². The van der Waals surface area contributed by atoms with E-state index in [-0.39, 0.29) is 24.2 Å². The molecule has 4 nitrogen and oxygen atoms in total. The van der Waals surface area contributed by atoms with Crippen LogP contribution in [0.2, 0.25) is 0 Å².